The van der Waals surface area contributed by atoms with Crippen molar-refractivity contribution in [1.29, 1.82) is 0 Å². The average Bonchev–Trinajstić information content (AvgIpc) is 2.62. The maximum Gasteiger partial charge on any atom is 0.0641 e. The molecule has 1 aromatic rings. The smallest absolute Gasteiger partial charge is 0.0641 e. The molecule has 1 unspecified atom stereocenters. The van der Waals surface area contributed by atoms with Crippen molar-refractivity contribution in [2.45, 2.75) is 33.4 Å². The molecule has 2 heterocycles. The number of hydrogen-bond donors (Lipinski definition) is 1. The molecule has 5 nitrogen and oxygen atoms in total. The third-order valence-electron chi connectivity index (χ3n) is 3.92. The van der Waals surface area contributed by atoms with Crippen LogP contribution in [0.25, 0.3) is 0 Å². The van der Waals surface area contributed by atoms with E-state index < -0.39 is 0 Å². The maximum atomic E-state index is 5.37. The van der Waals surface area contributed by atoms with E-state index in [1.807, 2.05) is 11.7 Å². The lowest BCUT2D eigenvalue weighted by Crippen LogP contribution is -2.44. The zero-order chi connectivity index (χ0) is 13.8. The molecule has 0 saturated carbocycles. The van der Waals surface area contributed by atoms with Gasteiger partial charge in [0.1, 0.15) is 0 Å². The minimum absolute atomic E-state index is 0.483. The van der Waals surface area contributed by atoms with Gasteiger partial charge in [-0.05, 0) is 20.8 Å². The number of nitrogens with one attached hydrogen (secondary N) is 1. The van der Waals surface area contributed by atoms with Crippen LogP contribution >= 0.6 is 0 Å². The summed E-state index contributed by atoms with van der Waals surface area (Å²) in [6, 6.07) is 0.483. The minimum Gasteiger partial charge on any atom is -0.379 e. The van der Waals surface area contributed by atoms with Crippen LogP contribution in [0.15, 0.2) is 0 Å². The van der Waals surface area contributed by atoms with Gasteiger partial charge in [0.2, 0.25) is 0 Å². The van der Waals surface area contributed by atoms with Crippen LogP contribution < -0.4 is 5.32 Å². The number of hydrogen-bond acceptors (Lipinski definition) is 4. The molecule has 1 N–H and O–H groups in total. The largest absolute Gasteiger partial charge is 0.379 e. The molecule has 1 fully saturated rings. The highest BCUT2D eigenvalue weighted by molar-refractivity contribution is 5.24. The Morgan fingerprint density at radius 1 is 1.32 bits per heavy atom. The van der Waals surface area contributed by atoms with E-state index in [9.17, 15) is 0 Å². The van der Waals surface area contributed by atoms with Crippen LogP contribution in [0.4, 0.5) is 0 Å². The molecular formula is C14H26N4O. The molecule has 5 heteroatoms. The Morgan fingerprint density at radius 2 is 2.00 bits per heavy atom. The van der Waals surface area contributed by atoms with Gasteiger partial charge in [0.15, 0.2) is 0 Å². The number of aryl methyl sites for hydroxylation is 2. The van der Waals surface area contributed by atoms with Gasteiger partial charge in [-0.1, -0.05) is 0 Å². The second kappa shape index (κ2) is 6.50. The topological polar surface area (TPSA) is 42.3 Å². The van der Waals surface area contributed by atoms with Gasteiger partial charge < -0.3 is 10.1 Å². The van der Waals surface area contributed by atoms with E-state index in [1.54, 1.807) is 0 Å². The highest BCUT2D eigenvalue weighted by Gasteiger charge is 2.15. The predicted octanol–water partition coefficient (Wildman–Crippen LogP) is 0.847. The first kappa shape index (κ1) is 14.5. The summed E-state index contributed by atoms with van der Waals surface area (Å²) in [6.45, 7) is 12.3. The number of morpholine rings is 1. The van der Waals surface area contributed by atoms with Crippen molar-refractivity contribution in [1.82, 2.24) is 20.0 Å². The molecule has 1 aliphatic heterocycles. The predicted molar refractivity (Wildman–Crippen MR) is 76.2 cm³/mol. The first-order chi connectivity index (χ1) is 9.08. The second-order valence-electron chi connectivity index (χ2n) is 5.47. The molecule has 2 rings (SSSR count). The van der Waals surface area contributed by atoms with E-state index in [4.69, 9.17) is 4.74 Å². The lowest BCUT2D eigenvalue weighted by molar-refractivity contribution is 0.0343. The Hall–Kier alpha value is -0.910. The second-order valence-corrected chi connectivity index (χ2v) is 5.47. The van der Waals surface area contributed by atoms with Gasteiger partial charge in [0.25, 0.3) is 0 Å². The van der Waals surface area contributed by atoms with E-state index in [-0.39, 0.29) is 0 Å². The van der Waals surface area contributed by atoms with Crippen molar-refractivity contribution >= 4 is 0 Å². The Morgan fingerprint density at radius 3 is 2.58 bits per heavy atom. The Labute approximate surface area is 115 Å². The molecule has 108 valence electrons. The first-order valence-corrected chi connectivity index (χ1v) is 7.10. The summed E-state index contributed by atoms with van der Waals surface area (Å²) in [5, 5.41) is 8.06. The minimum atomic E-state index is 0.483. The van der Waals surface area contributed by atoms with Gasteiger partial charge in [0, 0.05) is 50.5 Å². The monoisotopic (exact) mass is 266 g/mol. The third kappa shape index (κ3) is 3.78. The summed E-state index contributed by atoms with van der Waals surface area (Å²) in [4.78, 5) is 2.46. The fourth-order valence-corrected chi connectivity index (χ4v) is 2.59. The average molecular weight is 266 g/mol. The molecular weight excluding hydrogens is 240 g/mol. The summed E-state index contributed by atoms with van der Waals surface area (Å²) in [6.07, 6.45) is 0. The van der Waals surface area contributed by atoms with Gasteiger partial charge >= 0.3 is 0 Å². The lowest BCUT2D eigenvalue weighted by Gasteiger charge is -2.29. The molecule has 1 saturated heterocycles. The van der Waals surface area contributed by atoms with E-state index in [0.29, 0.717) is 6.04 Å². The summed E-state index contributed by atoms with van der Waals surface area (Å²) < 4.78 is 7.33. The molecule has 19 heavy (non-hydrogen) atoms. The van der Waals surface area contributed by atoms with Crippen LogP contribution in [-0.4, -0.2) is 53.6 Å². The summed E-state index contributed by atoms with van der Waals surface area (Å²) >= 11 is 0. The van der Waals surface area contributed by atoms with E-state index in [0.717, 1.165) is 45.1 Å². The SMILES string of the molecule is Cc1nn(C)c(C)c1CNC(C)CN1CCOCC1. The lowest BCUT2D eigenvalue weighted by atomic mass is 10.2. The molecule has 1 aromatic heterocycles. The standard InChI is InChI=1S/C14H26N4O/c1-11(10-18-5-7-19-8-6-18)15-9-14-12(2)16-17(4)13(14)3/h11,15H,5-10H2,1-4H3. The van der Waals surface area contributed by atoms with Crippen molar-refractivity contribution in [3.63, 3.8) is 0 Å². The highest BCUT2D eigenvalue weighted by atomic mass is 16.5. The number of ether oxygens (including phenoxy) is 1. The first-order valence-electron chi connectivity index (χ1n) is 7.10. The van der Waals surface area contributed by atoms with E-state index >= 15 is 0 Å². The van der Waals surface area contributed by atoms with Gasteiger partial charge in [-0.3, -0.25) is 9.58 Å². The molecule has 0 aromatic carbocycles. The van der Waals surface area contributed by atoms with Gasteiger partial charge in [-0.15, -0.1) is 0 Å². The van der Waals surface area contributed by atoms with Crippen LogP contribution in [0, 0.1) is 13.8 Å². The summed E-state index contributed by atoms with van der Waals surface area (Å²) in [5.41, 5.74) is 3.71. The van der Waals surface area contributed by atoms with Crippen molar-refractivity contribution < 1.29 is 4.74 Å². The van der Waals surface area contributed by atoms with Crippen LogP contribution in [0.3, 0.4) is 0 Å². The Bertz CT molecular complexity index is 410. The molecule has 0 radical (unpaired) electrons. The van der Waals surface area contributed by atoms with Crippen molar-refractivity contribution in [2.75, 3.05) is 32.8 Å². The Kier molecular flexibility index (Phi) is 4.96. The summed E-state index contributed by atoms with van der Waals surface area (Å²) in [7, 11) is 2.00. The zero-order valence-corrected chi connectivity index (χ0v) is 12.6. The third-order valence-corrected chi connectivity index (χ3v) is 3.92. The Balaban J connectivity index is 1.80. The van der Waals surface area contributed by atoms with E-state index in [1.165, 1.54) is 11.3 Å². The van der Waals surface area contributed by atoms with Crippen LogP contribution in [-0.2, 0) is 18.3 Å². The van der Waals surface area contributed by atoms with Crippen LogP contribution in [0.5, 0.6) is 0 Å². The normalized spacial score (nSPS) is 18.7. The molecule has 0 aliphatic carbocycles. The fraction of sp³-hybridized carbons (Fsp3) is 0.786. The fourth-order valence-electron chi connectivity index (χ4n) is 2.59. The van der Waals surface area contributed by atoms with Crippen molar-refractivity contribution in [3.8, 4) is 0 Å². The molecule has 1 aliphatic rings. The van der Waals surface area contributed by atoms with Gasteiger partial charge in [0.05, 0.1) is 18.9 Å². The number of aromatic nitrogens is 2. The summed E-state index contributed by atoms with van der Waals surface area (Å²) in [5.74, 6) is 0. The maximum absolute atomic E-state index is 5.37. The van der Waals surface area contributed by atoms with Gasteiger partial charge in [-0.25, -0.2) is 0 Å². The van der Waals surface area contributed by atoms with Gasteiger partial charge in [-0.2, -0.15) is 5.10 Å². The molecule has 0 amide bonds. The number of nitrogens with zero attached hydrogens (tertiary/aromatic N) is 3. The highest BCUT2D eigenvalue weighted by Crippen LogP contribution is 2.11. The van der Waals surface area contributed by atoms with Crippen LogP contribution in [0.2, 0.25) is 0 Å². The van der Waals surface area contributed by atoms with E-state index in [2.05, 4.69) is 36.1 Å². The van der Waals surface area contributed by atoms with Crippen molar-refractivity contribution in [2.24, 2.45) is 7.05 Å². The zero-order valence-electron chi connectivity index (χ0n) is 12.6. The molecule has 0 spiro atoms. The quantitative estimate of drug-likeness (QED) is 0.858. The van der Waals surface area contributed by atoms with Crippen molar-refractivity contribution in [3.05, 3.63) is 17.0 Å². The molecule has 1 atom stereocenters. The molecule has 0 bridgehead atoms. The van der Waals surface area contributed by atoms with Crippen LogP contribution in [0.1, 0.15) is 23.9 Å². The number of rotatable bonds is 5.